The summed E-state index contributed by atoms with van der Waals surface area (Å²) in [7, 11) is 0. The standard InChI is InChI=1S/C51H35N3S/c1-51(41-27-15-6-16-28-41)43-30-18-17-29-42(43)46-45(51)44(36-23-11-4-12-24-36)47(55-46)50-53-48(37-25-13-5-14-26-37)52-49(54-50)40-32-38(34-19-7-2-8-20-34)31-39(33-40)35-21-9-3-10-22-35/h2-33H,1H3. The lowest BCUT2D eigenvalue weighted by Gasteiger charge is -2.29. The molecule has 0 N–H and O–H groups in total. The molecule has 1 aliphatic carbocycles. The first-order valence-corrected chi connectivity index (χ1v) is 19.4. The van der Waals surface area contributed by atoms with Crippen molar-refractivity contribution >= 4 is 11.3 Å². The molecule has 7 aromatic carbocycles. The van der Waals surface area contributed by atoms with Crippen LogP contribution < -0.4 is 0 Å². The number of thiophene rings is 1. The van der Waals surface area contributed by atoms with E-state index >= 15 is 0 Å². The molecule has 3 nitrogen and oxygen atoms in total. The molecule has 10 rings (SSSR count). The van der Waals surface area contributed by atoms with Crippen molar-refractivity contribution < 1.29 is 0 Å². The van der Waals surface area contributed by atoms with Crippen LogP contribution in [0.2, 0.25) is 0 Å². The topological polar surface area (TPSA) is 38.7 Å². The van der Waals surface area contributed by atoms with E-state index in [9.17, 15) is 0 Å². The highest BCUT2D eigenvalue weighted by molar-refractivity contribution is 7.19. The number of fused-ring (bicyclic) bond motifs is 3. The third-order valence-corrected chi connectivity index (χ3v) is 12.0. The third kappa shape index (κ3) is 5.70. The fraction of sp³-hybridized carbons (Fsp3) is 0.0392. The molecule has 1 atom stereocenters. The molecule has 0 radical (unpaired) electrons. The Balaban J connectivity index is 1.26. The second-order valence-electron chi connectivity index (χ2n) is 14.1. The molecule has 0 spiro atoms. The van der Waals surface area contributed by atoms with Crippen molar-refractivity contribution in [2.75, 3.05) is 0 Å². The van der Waals surface area contributed by atoms with Gasteiger partial charge < -0.3 is 0 Å². The minimum absolute atomic E-state index is 0.389. The van der Waals surface area contributed by atoms with Gasteiger partial charge in [-0.15, -0.1) is 11.3 Å². The largest absolute Gasteiger partial charge is 0.208 e. The zero-order valence-corrected chi connectivity index (χ0v) is 31.0. The lowest BCUT2D eigenvalue weighted by atomic mass is 9.72. The Morgan fingerprint density at radius 2 is 0.818 bits per heavy atom. The number of rotatable bonds is 7. The third-order valence-electron chi connectivity index (χ3n) is 10.8. The predicted octanol–water partition coefficient (Wildman–Crippen LogP) is 13.3. The van der Waals surface area contributed by atoms with E-state index in [4.69, 9.17) is 15.0 Å². The van der Waals surface area contributed by atoms with Gasteiger partial charge in [-0.2, -0.15) is 0 Å². The van der Waals surface area contributed by atoms with Crippen molar-refractivity contribution in [2.24, 2.45) is 0 Å². The van der Waals surface area contributed by atoms with Crippen LogP contribution in [0.15, 0.2) is 194 Å². The molecule has 1 aliphatic rings. The summed E-state index contributed by atoms with van der Waals surface area (Å²) in [4.78, 5) is 18.3. The first-order chi connectivity index (χ1) is 27.1. The van der Waals surface area contributed by atoms with Crippen LogP contribution in [0, 0.1) is 0 Å². The lowest BCUT2D eigenvalue weighted by Crippen LogP contribution is -2.22. The van der Waals surface area contributed by atoms with Crippen molar-refractivity contribution in [2.45, 2.75) is 12.3 Å². The van der Waals surface area contributed by atoms with Gasteiger partial charge in [0, 0.05) is 27.0 Å². The molecule has 0 amide bonds. The number of hydrogen-bond acceptors (Lipinski definition) is 4. The molecule has 4 heteroatoms. The average molecular weight is 722 g/mol. The molecular weight excluding hydrogens is 687 g/mol. The molecule has 2 heterocycles. The summed E-state index contributed by atoms with van der Waals surface area (Å²) >= 11 is 1.79. The van der Waals surface area contributed by atoms with E-state index in [1.165, 1.54) is 32.7 Å². The Bertz CT molecular complexity index is 2740. The van der Waals surface area contributed by atoms with Crippen LogP contribution in [0.25, 0.3) is 77.3 Å². The van der Waals surface area contributed by atoms with E-state index in [1.54, 1.807) is 11.3 Å². The smallest absolute Gasteiger partial charge is 0.174 e. The highest BCUT2D eigenvalue weighted by atomic mass is 32.1. The van der Waals surface area contributed by atoms with Crippen molar-refractivity contribution in [1.29, 1.82) is 0 Å². The van der Waals surface area contributed by atoms with Gasteiger partial charge in [-0.05, 0) is 75.2 Å². The molecular formula is C51H35N3S. The van der Waals surface area contributed by atoms with E-state index in [-0.39, 0.29) is 5.41 Å². The molecule has 1 unspecified atom stereocenters. The van der Waals surface area contributed by atoms with E-state index in [0.29, 0.717) is 17.5 Å². The van der Waals surface area contributed by atoms with Crippen molar-refractivity contribution in [3.8, 4) is 77.3 Å². The van der Waals surface area contributed by atoms with Gasteiger partial charge in [-0.25, -0.2) is 15.0 Å². The molecule has 55 heavy (non-hydrogen) atoms. The SMILES string of the molecule is CC1(c2ccccc2)c2ccccc2-c2sc(-c3nc(-c4ccccc4)nc(-c4cc(-c5ccccc5)cc(-c5ccccc5)c4)n3)c(-c3ccccc3)c21. The lowest BCUT2D eigenvalue weighted by molar-refractivity contribution is 0.717. The van der Waals surface area contributed by atoms with Gasteiger partial charge in [0.2, 0.25) is 0 Å². The molecule has 0 fully saturated rings. The van der Waals surface area contributed by atoms with Gasteiger partial charge >= 0.3 is 0 Å². The Morgan fingerprint density at radius 3 is 1.40 bits per heavy atom. The van der Waals surface area contributed by atoms with Gasteiger partial charge in [0.1, 0.15) is 0 Å². The fourth-order valence-corrected chi connectivity index (χ4v) is 9.54. The molecule has 0 aliphatic heterocycles. The van der Waals surface area contributed by atoms with Gasteiger partial charge in [-0.3, -0.25) is 0 Å². The van der Waals surface area contributed by atoms with Crippen LogP contribution in [0.5, 0.6) is 0 Å². The van der Waals surface area contributed by atoms with Crippen molar-refractivity contribution in [3.05, 3.63) is 211 Å². The summed E-state index contributed by atoms with van der Waals surface area (Å²) in [5, 5.41) is 0. The summed E-state index contributed by atoms with van der Waals surface area (Å²) in [6.07, 6.45) is 0. The van der Waals surface area contributed by atoms with E-state index in [1.807, 2.05) is 18.2 Å². The van der Waals surface area contributed by atoms with E-state index in [0.717, 1.165) is 43.8 Å². The van der Waals surface area contributed by atoms with Crippen LogP contribution in [0.1, 0.15) is 23.6 Å². The van der Waals surface area contributed by atoms with Crippen LogP contribution in [-0.4, -0.2) is 15.0 Å². The summed E-state index contributed by atoms with van der Waals surface area (Å²) in [5.41, 5.74) is 13.4. The Kier molecular flexibility index (Phi) is 8.12. The molecule has 0 bridgehead atoms. The fourth-order valence-electron chi connectivity index (χ4n) is 8.13. The summed E-state index contributed by atoms with van der Waals surface area (Å²) < 4.78 is 0. The normalized spacial score (nSPS) is 14.3. The minimum Gasteiger partial charge on any atom is -0.208 e. The quantitative estimate of drug-likeness (QED) is 0.164. The molecule has 9 aromatic rings. The maximum atomic E-state index is 5.43. The predicted molar refractivity (Wildman–Crippen MR) is 228 cm³/mol. The second-order valence-corrected chi connectivity index (χ2v) is 15.1. The summed E-state index contributed by atoms with van der Waals surface area (Å²) in [5.74, 6) is 1.95. The first-order valence-electron chi connectivity index (χ1n) is 18.6. The van der Waals surface area contributed by atoms with Crippen molar-refractivity contribution in [1.82, 2.24) is 15.0 Å². The van der Waals surface area contributed by atoms with Gasteiger partial charge in [0.05, 0.1) is 4.88 Å². The Hall–Kier alpha value is -6.75. The van der Waals surface area contributed by atoms with Gasteiger partial charge in [-0.1, -0.05) is 176 Å². The van der Waals surface area contributed by atoms with E-state index in [2.05, 4.69) is 183 Å². The summed E-state index contributed by atoms with van der Waals surface area (Å²) in [6, 6.07) is 68.6. The first kappa shape index (κ1) is 32.9. The Labute approximate surface area is 325 Å². The van der Waals surface area contributed by atoms with Crippen molar-refractivity contribution in [3.63, 3.8) is 0 Å². The number of aromatic nitrogens is 3. The van der Waals surface area contributed by atoms with Gasteiger partial charge in [0.15, 0.2) is 17.5 Å². The van der Waals surface area contributed by atoms with Crippen LogP contribution in [-0.2, 0) is 5.41 Å². The average Bonchev–Trinajstić information content (AvgIpc) is 3.79. The number of nitrogens with zero attached hydrogens (tertiary/aromatic N) is 3. The van der Waals surface area contributed by atoms with Crippen LogP contribution in [0.3, 0.4) is 0 Å². The molecule has 0 saturated carbocycles. The maximum Gasteiger partial charge on any atom is 0.174 e. The molecule has 2 aromatic heterocycles. The highest BCUT2D eigenvalue weighted by Gasteiger charge is 2.45. The Morgan fingerprint density at radius 1 is 0.382 bits per heavy atom. The minimum atomic E-state index is -0.389. The molecule has 260 valence electrons. The number of benzene rings is 7. The monoisotopic (exact) mass is 721 g/mol. The zero-order valence-electron chi connectivity index (χ0n) is 30.2. The van der Waals surface area contributed by atoms with Crippen LogP contribution in [0.4, 0.5) is 0 Å². The van der Waals surface area contributed by atoms with E-state index < -0.39 is 0 Å². The zero-order chi connectivity index (χ0) is 36.8. The summed E-state index contributed by atoms with van der Waals surface area (Å²) in [6.45, 7) is 2.38. The molecule has 0 saturated heterocycles. The van der Waals surface area contributed by atoms with Gasteiger partial charge in [0.25, 0.3) is 0 Å². The highest BCUT2D eigenvalue weighted by Crippen LogP contribution is 2.61. The number of hydrogen-bond donors (Lipinski definition) is 0. The maximum absolute atomic E-state index is 5.43. The second kappa shape index (κ2) is 13.6. The van der Waals surface area contributed by atoms with Crippen LogP contribution >= 0.6 is 11.3 Å².